The van der Waals surface area contributed by atoms with Gasteiger partial charge in [-0.1, -0.05) is 0 Å². The molecule has 10 heteroatoms. The zero-order chi connectivity index (χ0) is 18.6. The van der Waals surface area contributed by atoms with Crippen molar-refractivity contribution in [3.63, 3.8) is 0 Å². The van der Waals surface area contributed by atoms with Crippen LogP contribution in [0.15, 0.2) is 0 Å². The van der Waals surface area contributed by atoms with Crippen molar-refractivity contribution >= 4 is 21.7 Å². The molecule has 1 fully saturated rings. The molecule has 1 aliphatic carbocycles. The summed E-state index contributed by atoms with van der Waals surface area (Å²) in [5.41, 5.74) is 5.97. The second-order valence-corrected chi connectivity index (χ2v) is 10.3. The highest BCUT2D eigenvalue weighted by molar-refractivity contribution is 7.94. The van der Waals surface area contributed by atoms with Crippen LogP contribution in [-0.2, 0) is 16.3 Å². The van der Waals surface area contributed by atoms with Crippen LogP contribution in [0, 0.1) is 0 Å². The van der Waals surface area contributed by atoms with Gasteiger partial charge in [0.1, 0.15) is 5.69 Å². The highest BCUT2D eigenvalue weighted by Crippen LogP contribution is 2.49. The van der Waals surface area contributed by atoms with Gasteiger partial charge in [-0.25, -0.2) is 8.42 Å². The number of nitrogens with one attached hydrogen (secondary N) is 1. The Balaban J connectivity index is 1.85. The second-order valence-electron chi connectivity index (χ2n) is 7.37. The number of primary amides is 1. The zero-order valence-corrected chi connectivity index (χ0v) is 15.0. The molecule has 25 heavy (non-hydrogen) atoms. The number of nitrogens with zero attached hydrogens (tertiary/aromatic N) is 2. The number of aromatic amines is 1. The quantitative estimate of drug-likeness (QED) is 0.599. The van der Waals surface area contributed by atoms with Crippen LogP contribution in [0.25, 0.3) is 0 Å². The summed E-state index contributed by atoms with van der Waals surface area (Å²) in [6.45, 7) is 2.88. The van der Waals surface area contributed by atoms with Crippen molar-refractivity contribution in [2.45, 2.75) is 42.6 Å². The Hall–Kier alpha value is -1.94. The van der Waals surface area contributed by atoms with Crippen molar-refractivity contribution in [2.24, 2.45) is 5.73 Å². The van der Waals surface area contributed by atoms with E-state index in [1.54, 1.807) is 0 Å². The van der Waals surface area contributed by atoms with Crippen molar-refractivity contribution in [1.82, 2.24) is 15.1 Å². The molecule has 0 atom stereocenters. The van der Waals surface area contributed by atoms with E-state index < -0.39 is 31.8 Å². The van der Waals surface area contributed by atoms with Gasteiger partial charge in [0.05, 0.1) is 16.1 Å². The van der Waals surface area contributed by atoms with Gasteiger partial charge in [0.2, 0.25) is 0 Å². The normalized spacial score (nSPS) is 19.6. The molecule has 0 aromatic carbocycles. The first kappa shape index (κ1) is 17.9. The predicted octanol–water partition coefficient (Wildman–Crippen LogP) is -0.775. The Morgan fingerprint density at radius 3 is 2.60 bits per heavy atom. The van der Waals surface area contributed by atoms with Gasteiger partial charge in [-0.05, 0) is 33.1 Å². The lowest BCUT2D eigenvalue weighted by molar-refractivity contribution is 0.0729. The van der Waals surface area contributed by atoms with E-state index in [1.807, 2.05) is 0 Å². The number of H-pyrrole nitrogens is 1. The van der Waals surface area contributed by atoms with Crippen LogP contribution in [0.3, 0.4) is 0 Å². The molecular weight excluding hydrogens is 348 g/mol. The fourth-order valence-corrected chi connectivity index (χ4v) is 5.62. The summed E-state index contributed by atoms with van der Waals surface area (Å²) in [4.78, 5) is 25.5. The van der Waals surface area contributed by atoms with Crippen molar-refractivity contribution < 1.29 is 23.1 Å². The maximum absolute atomic E-state index is 12.9. The molecule has 0 radical (unpaired) electrons. The van der Waals surface area contributed by atoms with E-state index in [2.05, 4.69) is 10.2 Å². The van der Waals surface area contributed by atoms with Gasteiger partial charge in [-0.2, -0.15) is 5.10 Å². The van der Waals surface area contributed by atoms with Crippen LogP contribution >= 0.6 is 0 Å². The molecule has 2 aliphatic rings. The molecule has 4 N–H and O–H groups in total. The Bertz CT molecular complexity index is 838. The molecule has 0 unspecified atom stereocenters. The van der Waals surface area contributed by atoms with Gasteiger partial charge in [-0.3, -0.25) is 14.7 Å². The van der Waals surface area contributed by atoms with Crippen LogP contribution in [0.1, 0.15) is 53.2 Å². The topological polar surface area (TPSA) is 146 Å². The smallest absolute Gasteiger partial charge is 0.272 e. The lowest BCUT2D eigenvalue weighted by Gasteiger charge is -2.34. The molecule has 1 aromatic rings. The SMILES string of the molecule is CC(C)(CO)S(=O)(=O)C1(CN2CCc3c(C(N)=O)n[nH]c3C2=O)CC1. The molecule has 1 saturated carbocycles. The van der Waals surface area contributed by atoms with Crippen LogP contribution in [0.2, 0.25) is 0 Å². The van der Waals surface area contributed by atoms with Crippen LogP contribution in [0.4, 0.5) is 0 Å². The summed E-state index contributed by atoms with van der Waals surface area (Å²) in [6.07, 6.45) is 1.31. The lowest BCUT2D eigenvalue weighted by atomic mass is 10.0. The lowest BCUT2D eigenvalue weighted by Crippen LogP contribution is -2.51. The largest absolute Gasteiger partial charge is 0.395 e. The maximum Gasteiger partial charge on any atom is 0.272 e. The summed E-state index contributed by atoms with van der Waals surface area (Å²) in [5, 5.41) is 15.8. The maximum atomic E-state index is 12.9. The van der Waals surface area contributed by atoms with E-state index in [0.29, 0.717) is 31.4 Å². The number of carbonyl (C=O) groups excluding carboxylic acids is 2. The third-order valence-electron chi connectivity index (χ3n) is 5.20. The van der Waals surface area contributed by atoms with Gasteiger partial charge < -0.3 is 15.7 Å². The monoisotopic (exact) mass is 370 g/mol. The number of sulfone groups is 1. The summed E-state index contributed by atoms with van der Waals surface area (Å²) in [7, 11) is -3.63. The predicted molar refractivity (Wildman–Crippen MR) is 88.8 cm³/mol. The molecule has 1 aliphatic heterocycles. The number of rotatable bonds is 6. The zero-order valence-electron chi connectivity index (χ0n) is 14.2. The van der Waals surface area contributed by atoms with Gasteiger partial charge >= 0.3 is 0 Å². The Kier molecular flexibility index (Phi) is 3.95. The molecule has 1 aromatic heterocycles. The van der Waals surface area contributed by atoms with Crippen LogP contribution in [-0.4, -0.2) is 69.6 Å². The number of aromatic nitrogens is 2. The molecule has 138 valence electrons. The molecule has 2 amide bonds. The number of fused-ring (bicyclic) bond motifs is 1. The minimum Gasteiger partial charge on any atom is -0.395 e. The number of nitrogens with two attached hydrogens (primary N) is 1. The van der Waals surface area contributed by atoms with E-state index in [4.69, 9.17) is 5.73 Å². The van der Waals surface area contributed by atoms with E-state index >= 15 is 0 Å². The molecule has 0 saturated heterocycles. The highest BCUT2D eigenvalue weighted by Gasteiger charge is 2.60. The summed E-state index contributed by atoms with van der Waals surface area (Å²) in [5.74, 6) is -1.09. The van der Waals surface area contributed by atoms with Gasteiger partial charge in [0.15, 0.2) is 15.5 Å². The van der Waals surface area contributed by atoms with Crippen LogP contribution in [0.5, 0.6) is 0 Å². The second kappa shape index (κ2) is 5.53. The number of hydrogen-bond acceptors (Lipinski definition) is 6. The van der Waals surface area contributed by atoms with Crippen molar-refractivity contribution in [1.29, 1.82) is 0 Å². The average molecular weight is 370 g/mol. The third kappa shape index (κ3) is 2.54. The number of hydrogen-bond donors (Lipinski definition) is 3. The Labute approximate surface area is 145 Å². The fraction of sp³-hybridized carbons (Fsp3) is 0.667. The van der Waals surface area contributed by atoms with E-state index in [1.165, 1.54) is 18.7 Å². The van der Waals surface area contributed by atoms with Crippen molar-refractivity contribution in [3.05, 3.63) is 17.0 Å². The number of amides is 2. The fourth-order valence-electron chi connectivity index (χ4n) is 3.32. The standard InChI is InChI=1S/C15H22N4O5S/c1-14(2,8-20)25(23,24)15(4-5-15)7-19-6-3-9-10(12(16)21)17-18-11(9)13(19)22/h20H,3-8H2,1-2H3,(H2,16,21)(H,17,18). The third-order valence-corrected chi connectivity index (χ3v) is 8.46. The molecule has 0 bridgehead atoms. The van der Waals surface area contributed by atoms with Gasteiger partial charge in [0, 0.05) is 18.7 Å². The van der Waals surface area contributed by atoms with Crippen molar-refractivity contribution in [2.75, 3.05) is 19.7 Å². The average Bonchev–Trinajstić information content (AvgIpc) is 3.20. The molecule has 3 rings (SSSR count). The molecular formula is C15H22N4O5S. The van der Waals surface area contributed by atoms with E-state index in [9.17, 15) is 23.1 Å². The van der Waals surface area contributed by atoms with E-state index in [0.717, 1.165) is 0 Å². The van der Waals surface area contributed by atoms with Gasteiger partial charge in [-0.15, -0.1) is 0 Å². The molecule has 9 nitrogen and oxygen atoms in total. The van der Waals surface area contributed by atoms with Crippen molar-refractivity contribution in [3.8, 4) is 0 Å². The summed E-state index contributed by atoms with van der Waals surface area (Å²) in [6, 6.07) is 0. The Morgan fingerprint density at radius 2 is 2.08 bits per heavy atom. The van der Waals surface area contributed by atoms with E-state index in [-0.39, 0.29) is 23.8 Å². The summed E-state index contributed by atoms with van der Waals surface area (Å²) >= 11 is 0. The minimum absolute atomic E-state index is 0.0539. The number of aliphatic hydroxyl groups excluding tert-OH is 1. The minimum atomic E-state index is -3.63. The number of carbonyl (C=O) groups is 2. The van der Waals surface area contributed by atoms with Gasteiger partial charge in [0.25, 0.3) is 11.8 Å². The highest BCUT2D eigenvalue weighted by atomic mass is 32.2. The van der Waals surface area contributed by atoms with Crippen LogP contribution < -0.4 is 5.73 Å². The first-order valence-electron chi connectivity index (χ1n) is 8.08. The first-order valence-corrected chi connectivity index (χ1v) is 9.56. The molecule has 0 spiro atoms. The molecule has 2 heterocycles. The Morgan fingerprint density at radius 1 is 1.44 bits per heavy atom. The first-order chi connectivity index (χ1) is 11.6. The number of aliphatic hydroxyl groups is 1. The summed E-state index contributed by atoms with van der Waals surface area (Å²) < 4.78 is 23.5.